The van der Waals surface area contributed by atoms with Gasteiger partial charge in [-0.3, -0.25) is 24.1 Å². The van der Waals surface area contributed by atoms with Crippen LogP contribution < -0.4 is 4.90 Å². The lowest BCUT2D eigenvalue weighted by Crippen LogP contribution is -2.60. The minimum absolute atomic E-state index is 0.0983. The standard InChI is InChI=1S/C33H32N2O5/c1-16(2)19-11-7-12-20(17(3)4)27(19)35-32(38)24-25(33(35)39)29-31(37)26(30(36)22-13-8-14-40-22)23-21-10-6-5-9-18(21)15-34(29)28(23)24/h5-14,16-17,23-26,28-29H,15H2,1-4H3/t23?,24-,25+,26+,28-,29+/m1/s1. The molecule has 4 aliphatic heterocycles. The zero-order valence-corrected chi connectivity index (χ0v) is 23.0. The van der Waals surface area contributed by atoms with E-state index in [1.165, 1.54) is 11.2 Å². The van der Waals surface area contributed by atoms with Crippen LogP contribution in [0.25, 0.3) is 0 Å². The first kappa shape index (κ1) is 25.1. The molecular formula is C33H32N2O5. The number of Topliss-reactive ketones (excluding diaryl/α,β-unsaturated/α-hetero) is 2. The van der Waals surface area contributed by atoms with Crippen molar-refractivity contribution in [1.82, 2.24) is 4.90 Å². The molecule has 7 heteroatoms. The number of piperidine rings is 1. The Kier molecular flexibility index (Phi) is 5.55. The van der Waals surface area contributed by atoms with Gasteiger partial charge >= 0.3 is 0 Å². The predicted molar refractivity (Wildman–Crippen MR) is 148 cm³/mol. The Hall–Kier alpha value is -3.84. The zero-order chi connectivity index (χ0) is 28.0. The fourth-order valence-electron chi connectivity index (χ4n) is 7.95. The fraction of sp³-hybridized carbons (Fsp3) is 0.394. The zero-order valence-electron chi connectivity index (χ0n) is 23.0. The molecule has 4 aliphatic rings. The number of hydrogen-bond donors (Lipinski definition) is 0. The molecule has 4 bridgehead atoms. The Morgan fingerprint density at radius 2 is 1.50 bits per heavy atom. The van der Waals surface area contributed by atoms with Gasteiger partial charge in [-0.2, -0.15) is 0 Å². The van der Waals surface area contributed by atoms with E-state index in [1.54, 1.807) is 12.1 Å². The van der Waals surface area contributed by atoms with Gasteiger partial charge in [-0.15, -0.1) is 0 Å². The fourth-order valence-corrected chi connectivity index (χ4v) is 7.95. The molecule has 7 nitrogen and oxygen atoms in total. The Morgan fingerprint density at radius 3 is 2.15 bits per heavy atom. The number of anilines is 1. The van der Waals surface area contributed by atoms with E-state index in [4.69, 9.17) is 4.42 Å². The van der Waals surface area contributed by atoms with Gasteiger partial charge in [0.15, 0.2) is 11.5 Å². The monoisotopic (exact) mass is 536 g/mol. The lowest BCUT2D eigenvalue weighted by molar-refractivity contribution is -0.137. The van der Waals surface area contributed by atoms with Gasteiger partial charge in [0.1, 0.15) is 0 Å². The number of nitrogens with zero attached hydrogens (tertiary/aromatic N) is 2. The van der Waals surface area contributed by atoms with Crippen LogP contribution in [0.5, 0.6) is 0 Å². The lowest BCUT2D eigenvalue weighted by atomic mass is 9.68. The van der Waals surface area contributed by atoms with Gasteiger partial charge in [-0.25, -0.2) is 4.90 Å². The molecule has 2 unspecified atom stereocenters. The Balaban J connectivity index is 1.40. The number of carbonyl (C=O) groups excluding carboxylic acids is 4. The number of imide groups is 1. The maximum absolute atomic E-state index is 14.5. The van der Waals surface area contributed by atoms with Crippen molar-refractivity contribution < 1.29 is 23.6 Å². The molecule has 40 heavy (non-hydrogen) atoms. The van der Waals surface area contributed by atoms with Crippen molar-refractivity contribution in [3.05, 3.63) is 88.9 Å². The van der Waals surface area contributed by atoms with Crippen LogP contribution in [0.2, 0.25) is 0 Å². The van der Waals surface area contributed by atoms with Gasteiger partial charge < -0.3 is 4.42 Å². The number of ketones is 2. The van der Waals surface area contributed by atoms with Crippen LogP contribution in [-0.4, -0.2) is 40.4 Å². The van der Waals surface area contributed by atoms with Gasteiger partial charge in [0.25, 0.3) is 0 Å². The first-order valence-corrected chi connectivity index (χ1v) is 14.2. The Labute approximate surface area is 233 Å². The summed E-state index contributed by atoms with van der Waals surface area (Å²) < 4.78 is 5.44. The van der Waals surface area contributed by atoms with E-state index in [0.717, 1.165) is 22.3 Å². The SMILES string of the molecule is CC(C)c1cccc(C(C)C)c1N1C(=O)[C@@H]2[C@H](C1=O)[C@H]1C(=O)[C@H](C(=O)c3ccco3)C3c4ccccc4CN1[C@H]32. The van der Waals surface area contributed by atoms with Crippen LogP contribution in [0.4, 0.5) is 5.69 Å². The molecule has 3 saturated heterocycles. The molecule has 5 heterocycles. The number of benzene rings is 2. The highest BCUT2D eigenvalue weighted by Gasteiger charge is 2.72. The van der Waals surface area contributed by atoms with E-state index in [1.807, 2.05) is 47.4 Å². The van der Waals surface area contributed by atoms with Crippen molar-refractivity contribution in [3.63, 3.8) is 0 Å². The molecule has 3 fully saturated rings. The second-order valence-electron chi connectivity index (χ2n) is 12.2. The number of hydrogen-bond acceptors (Lipinski definition) is 6. The van der Waals surface area contributed by atoms with Gasteiger partial charge in [-0.05, 0) is 46.2 Å². The molecule has 0 radical (unpaired) electrons. The van der Waals surface area contributed by atoms with E-state index < -0.39 is 35.8 Å². The lowest BCUT2D eigenvalue weighted by Gasteiger charge is -2.48. The second-order valence-corrected chi connectivity index (χ2v) is 12.2. The van der Waals surface area contributed by atoms with Crippen LogP contribution in [0, 0.1) is 17.8 Å². The summed E-state index contributed by atoms with van der Waals surface area (Å²) in [6.07, 6.45) is 1.43. The third-order valence-corrected chi connectivity index (χ3v) is 9.55. The van der Waals surface area contributed by atoms with E-state index in [2.05, 4.69) is 27.7 Å². The summed E-state index contributed by atoms with van der Waals surface area (Å²) in [7, 11) is 0. The number of carbonyl (C=O) groups is 4. The Bertz CT molecular complexity index is 1540. The highest BCUT2D eigenvalue weighted by Crippen LogP contribution is 2.58. The summed E-state index contributed by atoms with van der Waals surface area (Å²) in [6.45, 7) is 8.72. The van der Waals surface area contributed by atoms with E-state index in [-0.39, 0.29) is 41.0 Å². The molecule has 2 aromatic carbocycles. The third-order valence-electron chi connectivity index (χ3n) is 9.55. The van der Waals surface area contributed by atoms with Crippen LogP contribution in [0.15, 0.2) is 65.3 Å². The number of rotatable bonds is 5. The van der Waals surface area contributed by atoms with Crippen molar-refractivity contribution in [3.8, 4) is 0 Å². The predicted octanol–water partition coefficient (Wildman–Crippen LogP) is 5.06. The van der Waals surface area contributed by atoms with Crippen LogP contribution in [0.1, 0.15) is 78.3 Å². The van der Waals surface area contributed by atoms with Crippen LogP contribution in [0.3, 0.4) is 0 Å². The topological polar surface area (TPSA) is 87.9 Å². The van der Waals surface area contributed by atoms with Gasteiger partial charge in [-0.1, -0.05) is 70.2 Å². The van der Waals surface area contributed by atoms with Gasteiger partial charge in [0.05, 0.1) is 35.7 Å². The molecule has 204 valence electrons. The van der Waals surface area contributed by atoms with Crippen molar-refractivity contribution in [2.45, 2.75) is 64.1 Å². The minimum atomic E-state index is -1.01. The largest absolute Gasteiger partial charge is 0.461 e. The first-order valence-electron chi connectivity index (χ1n) is 14.2. The van der Waals surface area contributed by atoms with E-state index >= 15 is 0 Å². The number of furan rings is 1. The van der Waals surface area contributed by atoms with Crippen molar-refractivity contribution in [1.29, 1.82) is 0 Å². The highest BCUT2D eigenvalue weighted by molar-refractivity contribution is 6.26. The number of amides is 2. The van der Waals surface area contributed by atoms with Crippen molar-refractivity contribution in [2.75, 3.05) is 4.90 Å². The van der Waals surface area contributed by atoms with Gasteiger partial charge in [0, 0.05) is 18.5 Å². The first-order chi connectivity index (χ1) is 19.2. The van der Waals surface area contributed by atoms with Crippen molar-refractivity contribution in [2.24, 2.45) is 17.8 Å². The summed E-state index contributed by atoms with van der Waals surface area (Å²) in [6, 6.07) is 15.7. The maximum atomic E-state index is 14.5. The maximum Gasteiger partial charge on any atom is 0.239 e. The third kappa shape index (κ3) is 3.21. The summed E-state index contributed by atoms with van der Waals surface area (Å²) in [5.41, 5.74) is 4.50. The highest BCUT2D eigenvalue weighted by atomic mass is 16.3. The quantitative estimate of drug-likeness (QED) is 0.257. The van der Waals surface area contributed by atoms with Crippen molar-refractivity contribution >= 4 is 29.1 Å². The molecule has 1 aromatic heterocycles. The van der Waals surface area contributed by atoms with E-state index in [9.17, 15) is 19.2 Å². The minimum Gasteiger partial charge on any atom is -0.461 e. The molecule has 0 N–H and O–H groups in total. The van der Waals surface area contributed by atoms with Crippen LogP contribution in [-0.2, 0) is 20.9 Å². The molecule has 2 amide bonds. The summed E-state index contributed by atoms with van der Waals surface area (Å²) in [5, 5.41) is 0. The molecule has 0 saturated carbocycles. The summed E-state index contributed by atoms with van der Waals surface area (Å²) in [4.78, 5) is 60.5. The molecule has 3 aromatic rings. The Morgan fingerprint density at radius 1 is 0.825 bits per heavy atom. The summed E-state index contributed by atoms with van der Waals surface area (Å²) in [5.74, 6) is -3.99. The molecule has 0 aliphatic carbocycles. The average Bonchev–Trinajstić information content (AvgIpc) is 3.62. The molecule has 7 atom stereocenters. The van der Waals surface area contributed by atoms with Gasteiger partial charge in [0.2, 0.25) is 17.6 Å². The summed E-state index contributed by atoms with van der Waals surface area (Å²) >= 11 is 0. The number of para-hydroxylation sites is 1. The van der Waals surface area contributed by atoms with Crippen LogP contribution >= 0.6 is 0 Å². The molecule has 0 spiro atoms. The average molecular weight is 537 g/mol. The smallest absolute Gasteiger partial charge is 0.239 e. The second kappa shape index (κ2) is 8.83. The number of fused-ring (bicyclic) bond motifs is 4. The molecular weight excluding hydrogens is 504 g/mol. The van der Waals surface area contributed by atoms with E-state index in [0.29, 0.717) is 12.2 Å². The normalized spacial score (nSPS) is 30.3. The molecule has 7 rings (SSSR count).